The van der Waals surface area contributed by atoms with Crippen molar-refractivity contribution in [2.45, 2.75) is 103 Å². The SMILES string of the molecule is CCCCCCCc1cccc(OCC(C)S(=O)(=O)[O-])c1CCCCCCC.[Na+]. The summed E-state index contributed by atoms with van der Waals surface area (Å²) in [6.45, 7) is 5.75. The second kappa shape index (κ2) is 16.6. The summed E-state index contributed by atoms with van der Waals surface area (Å²) >= 11 is 0. The summed E-state index contributed by atoms with van der Waals surface area (Å²) in [6, 6.07) is 6.06. The standard InChI is InChI=1S/C23H40O4S.Na/c1-4-6-8-10-12-15-21-16-14-18-23(27-19-20(3)28(24,25)26)22(21)17-13-11-9-7-5-2;/h14,16,18,20H,4-13,15,17,19H2,1-3H3,(H,24,25,26);/q;+1/p-1. The Balaban J connectivity index is 0.00000784. The van der Waals surface area contributed by atoms with E-state index in [1.165, 1.54) is 69.4 Å². The molecular formula is C23H39NaO4S. The predicted octanol–water partition coefficient (Wildman–Crippen LogP) is 3.03. The molecule has 0 N–H and O–H groups in total. The van der Waals surface area contributed by atoms with Crippen LogP contribution in [0.3, 0.4) is 0 Å². The maximum Gasteiger partial charge on any atom is 1.00 e. The van der Waals surface area contributed by atoms with E-state index in [1.807, 2.05) is 12.1 Å². The molecular weight excluding hydrogens is 395 g/mol. The van der Waals surface area contributed by atoms with Gasteiger partial charge in [0.25, 0.3) is 0 Å². The molecule has 0 radical (unpaired) electrons. The van der Waals surface area contributed by atoms with Crippen LogP contribution in [0.1, 0.15) is 96.1 Å². The molecule has 0 spiro atoms. The van der Waals surface area contributed by atoms with Crippen LogP contribution in [-0.2, 0) is 23.0 Å². The van der Waals surface area contributed by atoms with Gasteiger partial charge in [-0.25, -0.2) is 8.42 Å². The zero-order valence-corrected chi connectivity index (χ0v) is 21.9. The Morgan fingerprint density at radius 2 is 1.45 bits per heavy atom. The van der Waals surface area contributed by atoms with Crippen LogP contribution in [0.5, 0.6) is 5.75 Å². The van der Waals surface area contributed by atoms with Crippen molar-refractivity contribution >= 4 is 10.1 Å². The summed E-state index contributed by atoms with van der Waals surface area (Å²) in [5.41, 5.74) is 2.51. The van der Waals surface area contributed by atoms with Crippen LogP contribution in [0.2, 0.25) is 0 Å². The van der Waals surface area contributed by atoms with Crippen LogP contribution in [0, 0.1) is 0 Å². The first-order chi connectivity index (χ1) is 13.4. The van der Waals surface area contributed by atoms with E-state index in [1.54, 1.807) is 0 Å². The largest absolute Gasteiger partial charge is 1.00 e. The van der Waals surface area contributed by atoms with E-state index in [2.05, 4.69) is 19.9 Å². The van der Waals surface area contributed by atoms with Crippen molar-refractivity contribution in [3.05, 3.63) is 29.3 Å². The first kappa shape index (κ1) is 28.9. The first-order valence-corrected chi connectivity index (χ1v) is 12.6. The molecule has 4 nitrogen and oxygen atoms in total. The molecule has 1 aromatic rings. The van der Waals surface area contributed by atoms with Gasteiger partial charge in [-0.1, -0.05) is 77.3 Å². The van der Waals surface area contributed by atoms with Gasteiger partial charge in [0.2, 0.25) is 0 Å². The molecule has 29 heavy (non-hydrogen) atoms. The molecule has 0 heterocycles. The van der Waals surface area contributed by atoms with Crippen LogP contribution in [0.25, 0.3) is 0 Å². The molecule has 0 saturated carbocycles. The Bertz CT molecular complexity index is 646. The molecule has 0 aliphatic carbocycles. The summed E-state index contributed by atoms with van der Waals surface area (Å²) in [7, 11) is -4.32. The zero-order chi connectivity index (χ0) is 20.8. The normalized spacial score (nSPS) is 12.4. The van der Waals surface area contributed by atoms with E-state index in [0.717, 1.165) is 31.4 Å². The average Bonchev–Trinajstić information content (AvgIpc) is 2.66. The summed E-state index contributed by atoms with van der Waals surface area (Å²) in [6.07, 6.45) is 14.2. The Morgan fingerprint density at radius 3 is 2.00 bits per heavy atom. The number of rotatable bonds is 16. The Labute approximate surface area is 201 Å². The van der Waals surface area contributed by atoms with Gasteiger partial charge in [0.1, 0.15) is 22.5 Å². The summed E-state index contributed by atoms with van der Waals surface area (Å²) in [5, 5.41) is -1.04. The quantitative estimate of drug-likeness (QED) is 0.228. The molecule has 1 atom stereocenters. The van der Waals surface area contributed by atoms with Gasteiger partial charge in [0.15, 0.2) is 0 Å². The number of hydrogen-bond donors (Lipinski definition) is 0. The molecule has 0 saturated heterocycles. The second-order valence-electron chi connectivity index (χ2n) is 7.84. The third kappa shape index (κ3) is 12.4. The average molecular weight is 435 g/mol. The van der Waals surface area contributed by atoms with Gasteiger partial charge in [-0.15, -0.1) is 0 Å². The maximum absolute atomic E-state index is 11.2. The first-order valence-electron chi connectivity index (χ1n) is 11.1. The molecule has 0 aliphatic heterocycles. The van der Waals surface area contributed by atoms with Gasteiger partial charge in [0.05, 0.1) is 5.25 Å². The van der Waals surface area contributed by atoms with Crippen LogP contribution >= 0.6 is 0 Å². The molecule has 162 valence electrons. The number of hydrogen-bond acceptors (Lipinski definition) is 4. The van der Waals surface area contributed by atoms with Crippen LogP contribution in [0.15, 0.2) is 18.2 Å². The molecule has 0 amide bonds. The molecule has 1 aromatic carbocycles. The monoisotopic (exact) mass is 434 g/mol. The summed E-state index contributed by atoms with van der Waals surface area (Å²) < 4.78 is 39.3. The third-order valence-corrected chi connectivity index (χ3v) is 6.40. The molecule has 0 fully saturated rings. The van der Waals surface area contributed by atoms with E-state index in [-0.39, 0.29) is 36.2 Å². The van der Waals surface area contributed by atoms with Crippen molar-refractivity contribution in [1.29, 1.82) is 0 Å². The van der Waals surface area contributed by atoms with Crippen molar-refractivity contribution in [1.82, 2.24) is 0 Å². The predicted molar refractivity (Wildman–Crippen MR) is 116 cm³/mol. The van der Waals surface area contributed by atoms with Crippen molar-refractivity contribution in [3.8, 4) is 5.75 Å². The Hall–Kier alpha value is -0.0700. The molecule has 6 heteroatoms. The zero-order valence-electron chi connectivity index (χ0n) is 19.0. The van der Waals surface area contributed by atoms with Gasteiger partial charge >= 0.3 is 29.6 Å². The number of benzene rings is 1. The summed E-state index contributed by atoms with van der Waals surface area (Å²) in [5.74, 6) is 0.747. The fraction of sp³-hybridized carbons (Fsp3) is 0.739. The van der Waals surface area contributed by atoms with E-state index >= 15 is 0 Å². The van der Waals surface area contributed by atoms with Crippen molar-refractivity contribution in [3.63, 3.8) is 0 Å². The molecule has 0 aliphatic rings. The molecule has 1 unspecified atom stereocenters. The van der Waals surface area contributed by atoms with Crippen molar-refractivity contribution < 1.29 is 47.3 Å². The molecule has 1 rings (SSSR count). The van der Waals surface area contributed by atoms with E-state index in [0.29, 0.717) is 0 Å². The van der Waals surface area contributed by atoms with E-state index in [9.17, 15) is 13.0 Å². The smallest absolute Gasteiger partial charge is 0.748 e. The van der Waals surface area contributed by atoms with Crippen LogP contribution in [-0.4, -0.2) is 24.8 Å². The minimum atomic E-state index is -4.32. The number of ether oxygens (including phenoxy) is 1. The van der Waals surface area contributed by atoms with Crippen LogP contribution in [0.4, 0.5) is 0 Å². The van der Waals surface area contributed by atoms with Crippen LogP contribution < -0.4 is 34.3 Å². The third-order valence-electron chi connectivity index (χ3n) is 5.28. The maximum atomic E-state index is 11.2. The fourth-order valence-electron chi connectivity index (χ4n) is 3.38. The topological polar surface area (TPSA) is 66.4 Å². The fourth-order valence-corrected chi connectivity index (χ4v) is 3.61. The Kier molecular flexibility index (Phi) is 16.6. The number of unbranched alkanes of at least 4 members (excludes halogenated alkanes) is 8. The summed E-state index contributed by atoms with van der Waals surface area (Å²) in [4.78, 5) is 0. The van der Waals surface area contributed by atoms with Gasteiger partial charge in [-0.3, -0.25) is 0 Å². The van der Waals surface area contributed by atoms with E-state index in [4.69, 9.17) is 4.74 Å². The minimum absolute atomic E-state index is 0. The van der Waals surface area contributed by atoms with Crippen molar-refractivity contribution in [2.75, 3.05) is 6.61 Å². The van der Waals surface area contributed by atoms with Gasteiger partial charge in [0, 0.05) is 0 Å². The van der Waals surface area contributed by atoms with Gasteiger partial charge < -0.3 is 9.29 Å². The van der Waals surface area contributed by atoms with Crippen molar-refractivity contribution in [2.24, 2.45) is 0 Å². The van der Waals surface area contributed by atoms with Gasteiger partial charge in [-0.05, 0) is 49.8 Å². The van der Waals surface area contributed by atoms with E-state index < -0.39 is 15.4 Å². The molecule has 0 aromatic heterocycles. The Morgan fingerprint density at radius 1 is 0.897 bits per heavy atom. The second-order valence-corrected chi connectivity index (χ2v) is 9.63. The molecule has 0 bridgehead atoms. The van der Waals surface area contributed by atoms with Gasteiger partial charge in [-0.2, -0.15) is 0 Å². The minimum Gasteiger partial charge on any atom is -0.748 e. The number of aryl methyl sites for hydroxylation is 1.